The van der Waals surface area contributed by atoms with Crippen molar-refractivity contribution in [1.29, 1.82) is 0 Å². The first-order valence-electron chi connectivity index (χ1n) is 7.19. The molecule has 6 heteroatoms. The minimum Gasteiger partial charge on any atom is -0.423 e. The predicted molar refractivity (Wildman–Crippen MR) is 96.7 cm³/mol. The fourth-order valence-corrected chi connectivity index (χ4v) is 3.15. The van der Waals surface area contributed by atoms with Crippen molar-refractivity contribution in [1.82, 2.24) is 4.98 Å². The summed E-state index contributed by atoms with van der Waals surface area (Å²) in [5, 5.41) is 7.34. The van der Waals surface area contributed by atoms with Crippen LogP contribution in [0.25, 0.3) is 22.2 Å². The molecule has 0 aliphatic rings. The lowest BCUT2D eigenvalue weighted by atomic mass is 10.1. The molecule has 0 atom stereocenters. The maximum atomic E-state index is 12.2. The molecule has 24 heavy (non-hydrogen) atoms. The van der Waals surface area contributed by atoms with Crippen molar-refractivity contribution < 1.29 is 9.21 Å². The first-order valence-corrected chi connectivity index (χ1v) is 8.51. The summed E-state index contributed by atoms with van der Waals surface area (Å²) >= 11 is 7.47. The van der Waals surface area contributed by atoms with Crippen LogP contribution in [0.5, 0.6) is 0 Å². The number of nitrogens with zero attached hydrogens (tertiary/aromatic N) is 1. The predicted octanol–water partition coefficient (Wildman–Crippen LogP) is 5.46. The Morgan fingerprint density at radius 3 is 2.67 bits per heavy atom. The van der Waals surface area contributed by atoms with Gasteiger partial charge < -0.3 is 4.42 Å². The van der Waals surface area contributed by atoms with Gasteiger partial charge in [0.15, 0.2) is 5.58 Å². The Hall–Kier alpha value is -2.63. The van der Waals surface area contributed by atoms with Crippen molar-refractivity contribution in [3.8, 4) is 11.1 Å². The molecule has 0 unspecified atom stereocenters. The van der Waals surface area contributed by atoms with Gasteiger partial charge in [-0.25, -0.2) is 0 Å². The van der Waals surface area contributed by atoms with Gasteiger partial charge in [-0.15, -0.1) is 0 Å². The minimum atomic E-state index is -0.295. The normalized spacial score (nSPS) is 10.9. The van der Waals surface area contributed by atoms with Gasteiger partial charge >= 0.3 is 6.01 Å². The van der Waals surface area contributed by atoms with E-state index in [1.54, 1.807) is 35.6 Å². The molecule has 4 rings (SSSR count). The van der Waals surface area contributed by atoms with E-state index in [1.165, 1.54) is 0 Å². The maximum Gasteiger partial charge on any atom is 0.302 e. The number of benzene rings is 2. The second-order valence-corrected chi connectivity index (χ2v) is 6.39. The number of hydrogen-bond donors (Lipinski definition) is 1. The largest absolute Gasteiger partial charge is 0.423 e. The highest BCUT2D eigenvalue weighted by atomic mass is 35.5. The zero-order chi connectivity index (χ0) is 16.5. The van der Waals surface area contributed by atoms with E-state index in [4.69, 9.17) is 16.0 Å². The van der Waals surface area contributed by atoms with Crippen LogP contribution in [0, 0.1) is 0 Å². The third-order valence-electron chi connectivity index (χ3n) is 3.57. The number of thiophene rings is 1. The fraction of sp³-hybridized carbons (Fsp3) is 0. The van der Waals surface area contributed by atoms with Crippen LogP contribution in [0.15, 0.2) is 63.7 Å². The molecule has 118 valence electrons. The van der Waals surface area contributed by atoms with Crippen LogP contribution in [0.2, 0.25) is 5.02 Å². The molecular weight excluding hydrogens is 344 g/mol. The van der Waals surface area contributed by atoms with Crippen LogP contribution in [0.3, 0.4) is 0 Å². The Morgan fingerprint density at radius 2 is 1.92 bits per heavy atom. The Balaban J connectivity index is 1.61. The van der Waals surface area contributed by atoms with Gasteiger partial charge in [0, 0.05) is 10.6 Å². The molecule has 0 bridgehead atoms. The van der Waals surface area contributed by atoms with Gasteiger partial charge in [0.05, 0.1) is 0 Å². The van der Waals surface area contributed by atoms with E-state index in [2.05, 4.69) is 21.7 Å². The molecule has 4 nitrogen and oxygen atoms in total. The number of hydrogen-bond acceptors (Lipinski definition) is 4. The third-order valence-corrected chi connectivity index (χ3v) is 4.50. The van der Waals surface area contributed by atoms with Crippen LogP contribution in [-0.2, 0) is 0 Å². The maximum absolute atomic E-state index is 12.2. The number of oxazole rings is 1. The SMILES string of the molecule is O=C(Nc1nc2cc(-c3ccsc3)ccc2o1)c1ccc(Cl)cc1. The lowest BCUT2D eigenvalue weighted by molar-refractivity contribution is 0.102. The van der Waals surface area contributed by atoms with Gasteiger partial charge in [-0.3, -0.25) is 10.1 Å². The first-order chi connectivity index (χ1) is 11.7. The van der Waals surface area contributed by atoms with Crippen LogP contribution < -0.4 is 5.32 Å². The summed E-state index contributed by atoms with van der Waals surface area (Å²) in [6, 6.07) is 14.6. The molecule has 0 aliphatic carbocycles. The Kier molecular flexibility index (Phi) is 3.80. The first kappa shape index (κ1) is 14.9. The average Bonchev–Trinajstić information content (AvgIpc) is 3.23. The molecule has 2 aromatic heterocycles. The van der Waals surface area contributed by atoms with Crippen molar-refractivity contribution in [2.24, 2.45) is 0 Å². The van der Waals surface area contributed by atoms with Gasteiger partial charge in [-0.1, -0.05) is 17.7 Å². The molecule has 2 aromatic carbocycles. The van der Waals surface area contributed by atoms with Gasteiger partial charge in [0.1, 0.15) is 5.52 Å². The highest BCUT2D eigenvalue weighted by molar-refractivity contribution is 7.08. The van der Waals surface area contributed by atoms with Crippen molar-refractivity contribution in [2.75, 3.05) is 5.32 Å². The van der Waals surface area contributed by atoms with Crippen LogP contribution in [0.1, 0.15) is 10.4 Å². The number of carbonyl (C=O) groups excluding carboxylic acids is 1. The highest BCUT2D eigenvalue weighted by Gasteiger charge is 2.12. The number of halogens is 1. The molecule has 0 fully saturated rings. The molecule has 1 N–H and O–H groups in total. The van der Waals surface area contributed by atoms with E-state index in [0.717, 1.165) is 11.1 Å². The molecule has 1 amide bonds. The summed E-state index contributed by atoms with van der Waals surface area (Å²) < 4.78 is 5.59. The smallest absolute Gasteiger partial charge is 0.302 e. The molecule has 0 radical (unpaired) electrons. The quantitative estimate of drug-likeness (QED) is 0.531. The number of aromatic nitrogens is 1. The summed E-state index contributed by atoms with van der Waals surface area (Å²) in [7, 11) is 0. The Labute approximate surface area is 146 Å². The Bertz CT molecular complexity index is 1010. The van der Waals surface area contributed by atoms with Gasteiger partial charge in [-0.05, 0) is 64.4 Å². The lowest BCUT2D eigenvalue weighted by Gasteiger charge is -2.00. The van der Waals surface area contributed by atoms with Crippen LogP contribution in [-0.4, -0.2) is 10.9 Å². The zero-order valence-electron chi connectivity index (χ0n) is 12.3. The molecule has 0 aliphatic heterocycles. The summed E-state index contributed by atoms with van der Waals surface area (Å²) in [6.07, 6.45) is 0. The van der Waals surface area contributed by atoms with E-state index in [9.17, 15) is 4.79 Å². The van der Waals surface area contributed by atoms with E-state index in [-0.39, 0.29) is 11.9 Å². The second kappa shape index (κ2) is 6.11. The van der Waals surface area contributed by atoms with E-state index in [1.807, 2.05) is 23.6 Å². The van der Waals surface area contributed by atoms with Gasteiger partial charge in [-0.2, -0.15) is 16.3 Å². The van der Waals surface area contributed by atoms with Crippen molar-refractivity contribution in [2.45, 2.75) is 0 Å². The van der Waals surface area contributed by atoms with E-state index >= 15 is 0 Å². The zero-order valence-corrected chi connectivity index (χ0v) is 13.9. The summed E-state index contributed by atoms with van der Waals surface area (Å²) in [4.78, 5) is 16.5. The number of nitrogens with one attached hydrogen (secondary N) is 1. The van der Waals surface area contributed by atoms with E-state index < -0.39 is 0 Å². The standard InChI is InChI=1S/C18H11ClN2O2S/c19-14-4-1-11(2-5-14)17(22)21-18-20-15-9-12(3-6-16(15)23-18)13-7-8-24-10-13/h1-10H,(H,20,21,22). The highest BCUT2D eigenvalue weighted by Crippen LogP contribution is 2.27. The molecule has 0 saturated heterocycles. The molecule has 0 saturated carbocycles. The van der Waals surface area contributed by atoms with Crippen molar-refractivity contribution in [3.05, 3.63) is 69.9 Å². The average molecular weight is 355 g/mol. The van der Waals surface area contributed by atoms with Gasteiger partial charge in [0.2, 0.25) is 0 Å². The van der Waals surface area contributed by atoms with Gasteiger partial charge in [0.25, 0.3) is 5.91 Å². The monoisotopic (exact) mass is 354 g/mol. The van der Waals surface area contributed by atoms with Crippen molar-refractivity contribution in [3.63, 3.8) is 0 Å². The number of carbonyl (C=O) groups is 1. The number of amides is 1. The number of fused-ring (bicyclic) bond motifs is 1. The van der Waals surface area contributed by atoms with Crippen LogP contribution >= 0.6 is 22.9 Å². The van der Waals surface area contributed by atoms with Crippen molar-refractivity contribution >= 4 is 46.0 Å². The summed E-state index contributed by atoms with van der Waals surface area (Å²) in [5.74, 6) is -0.295. The third kappa shape index (κ3) is 2.91. The molecule has 2 heterocycles. The molecular formula is C18H11ClN2O2S. The topological polar surface area (TPSA) is 55.1 Å². The number of rotatable bonds is 3. The van der Waals surface area contributed by atoms with Crippen LogP contribution in [0.4, 0.5) is 6.01 Å². The molecule has 4 aromatic rings. The lowest BCUT2D eigenvalue weighted by Crippen LogP contribution is -2.11. The second-order valence-electron chi connectivity index (χ2n) is 5.17. The number of anilines is 1. The Morgan fingerprint density at radius 1 is 1.08 bits per heavy atom. The summed E-state index contributed by atoms with van der Waals surface area (Å²) in [6.45, 7) is 0. The summed E-state index contributed by atoms with van der Waals surface area (Å²) in [5.41, 5.74) is 4.01. The minimum absolute atomic E-state index is 0.174. The van der Waals surface area contributed by atoms with E-state index in [0.29, 0.717) is 21.7 Å². The molecule has 0 spiro atoms. The fourth-order valence-electron chi connectivity index (χ4n) is 2.36.